The van der Waals surface area contributed by atoms with Crippen molar-refractivity contribution in [3.05, 3.63) is 83.8 Å². The third-order valence-corrected chi connectivity index (χ3v) is 7.50. The highest BCUT2D eigenvalue weighted by Crippen LogP contribution is 2.25. The second-order valence-electron chi connectivity index (χ2n) is 10.7. The van der Waals surface area contributed by atoms with E-state index in [2.05, 4.69) is 34.0 Å². The van der Waals surface area contributed by atoms with E-state index in [9.17, 15) is 14.4 Å². The fourth-order valence-corrected chi connectivity index (χ4v) is 5.26. The zero-order chi connectivity index (χ0) is 28.8. The minimum absolute atomic E-state index is 0.0356. The van der Waals surface area contributed by atoms with Crippen LogP contribution in [0.2, 0.25) is 0 Å². The molecule has 41 heavy (non-hydrogen) atoms. The summed E-state index contributed by atoms with van der Waals surface area (Å²) >= 11 is 0. The van der Waals surface area contributed by atoms with E-state index >= 15 is 0 Å². The maximum absolute atomic E-state index is 13.2. The van der Waals surface area contributed by atoms with E-state index in [1.807, 2.05) is 29.2 Å². The number of nitrogens with zero attached hydrogens (tertiary/aromatic N) is 6. The molecule has 1 N–H and O–H groups in total. The van der Waals surface area contributed by atoms with E-state index in [1.165, 1.54) is 0 Å². The molecule has 10 heteroatoms. The molecule has 0 saturated carbocycles. The summed E-state index contributed by atoms with van der Waals surface area (Å²) in [6.45, 7) is 8.77. The Bertz CT molecular complexity index is 1350. The van der Waals surface area contributed by atoms with Crippen LogP contribution in [0.1, 0.15) is 40.1 Å². The van der Waals surface area contributed by atoms with Crippen molar-refractivity contribution in [2.24, 2.45) is 0 Å². The molecule has 0 atom stereocenters. The molecule has 10 nitrogen and oxygen atoms in total. The van der Waals surface area contributed by atoms with E-state index in [0.29, 0.717) is 75.9 Å². The quantitative estimate of drug-likeness (QED) is 0.478. The maximum Gasteiger partial charge on any atom is 0.253 e. The first-order valence-corrected chi connectivity index (χ1v) is 14.2. The summed E-state index contributed by atoms with van der Waals surface area (Å²) < 4.78 is 0. The molecular formula is C31H37N7O3. The van der Waals surface area contributed by atoms with Crippen LogP contribution in [0.4, 0.5) is 11.5 Å². The van der Waals surface area contributed by atoms with Gasteiger partial charge in [-0.2, -0.15) is 0 Å². The molecule has 1 aromatic carbocycles. The van der Waals surface area contributed by atoms with Crippen molar-refractivity contribution in [1.82, 2.24) is 24.7 Å². The van der Waals surface area contributed by atoms with E-state index in [0.717, 1.165) is 17.1 Å². The van der Waals surface area contributed by atoms with Gasteiger partial charge in [-0.3, -0.25) is 19.4 Å². The summed E-state index contributed by atoms with van der Waals surface area (Å²) in [7, 11) is 0. The van der Waals surface area contributed by atoms with Gasteiger partial charge >= 0.3 is 0 Å². The van der Waals surface area contributed by atoms with Crippen molar-refractivity contribution in [3.63, 3.8) is 0 Å². The Morgan fingerprint density at radius 3 is 1.83 bits per heavy atom. The largest absolute Gasteiger partial charge is 0.380 e. The molecule has 0 bridgehead atoms. The summed E-state index contributed by atoms with van der Waals surface area (Å²) in [5, 5.41) is 3.45. The van der Waals surface area contributed by atoms with Gasteiger partial charge in [-0.25, -0.2) is 4.98 Å². The molecule has 2 aromatic heterocycles. The first-order chi connectivity index (χ1) is 19.9. The number of pyridine rings is 2. The van der Waals surface area contributed by atoms with Gasteiger partial charge in [0.25, 0.3) is 11.8 Å². The number of amides is 3. The summed E-state index contributed by atoms with van der Waals surface area (Å²) in [6.07, 6.45) is 5.50. The van der Waals surface area contributed by atoms with Gasteiger partial charge in [-0.1, -0.05) is 0 Å². The Balaban J connectivity index is 1.12. The van der Waals surface area contributed by atoms with Crippen LogP contribution in [0.3, 0.4) is 0 Å². The third-order valence-electron chi connectivity index (χ3n) is 7.50. The number of piperazine rings is 2. The lowest BCUT2D eigenvalue weighted by atomic mass is 10.1. The van der Waals surface area contributed by atoms with E-state index in [-0.39, 0.29) is 17.7 Å². The van der Waals surface area contributed by atoms with Crippen molar-refractivity contribution >= 4 is 29.2 Å². The normalized spacial score (nSPS) is 15.7. The van der Waals surface area contributed by atoms with Crippen molar-refractivity contribution in [2.75, 3.05) is 62.6 Å². The first-order valence-electron chi connectivity index (χ1n) is 14.2. The minimum atomic E-state index is -0.0833. The van der Waals surface area contributed by atoms with Gasteiger partial charge in [0.15, 0.2) is 5.82 Å². The number of carbonyl (C=O) groups is 3. The van der Waals surface area contributed by atoms with Crippen molar-refractivity contribution in [1.29, 1.82) is 0 Å². The maximum atomic E-state index is 13.2. The van der Waals surface area contributed by atoms with E-state index in [4.69, 9.17) is 0 Å². The minimum Gasteiger partial charge on any atom is -0.380 e. The Morgan fingerprint density at radius 1 is 0.732 bits per heavy atom. The van der Waals surface area contributed by atoms with Gasteiger partial charge in [-0.15, -0.1) is 0 Å². The molecule has 0 radical (unpaired) electrons. The second-order valence-corrected chi connectivity index (χ2v) is 10.7. The number of nitrogens with one attached hydrogen (secondary N) is 1. The summed E-state index contributed by atoms with van der Waals surface area (Å²) in [5.74, 6) is 0.848. The van der Waals surface area contributed by atoms with Crippen LogP contribution < -0.4 is 10.2 Å². The van der Waals surface area contributed by atoms with Gasteiger partial charge in [-0.05, 0) is 67.9 Å². The third kappa shape index (κ3) is 6.82. The average molecular weight is 556 g/mol. The molecule has 0 aliphatic carbocycles. The lowest BCUT2D eigenvalue weighted by Gasteiger charge is -2.36. The molecule has 0 unspecified atom stereocenters. The molecule has 2 fully saturated rings. The Morgan fingerprint density at radius 2 is 1.27 bits per heavy atom. The summed E-state index contributed by atoms with van der Waals surface area (Å²) in [5.41, 5.74) is 3.05. The predicted octanol–water partition coefficient (Wildman–Crippen LogP) is 2.79. The van der Waals surface area contributed by atoms with Crippen LogP contribution in [0.15, 0.2) is 67.1 Å². The molecule has 4 heterocycles. The monoisotopic (exact) mass is 555 g/mol. The number of hydrogen-bond acceptors (Lipinski definition) is 7. The van der Waals surface area contributed by atoms with Crippen LogP contribution in [0.5, 0.6) is 0 Å². The molecule has 214 valence electrons. The number of aromatic nitrogens is 2. The van der Waals surface area contributed by atoms with Gasteiger partial charge in [0.05, 0.1) is 12.1 Å². The molecular weight excluding hydrogens is 518 g/mol. The molecule has 3 aromatic rings. The zero-order valence-electron chi connectivity index (χ0n) is 23.7. The van der Waals surface area contributed by atoms with Gasteiger partial charge in [0.1, 0.15) is 0 Å². The van der Waals surface area contributed by atoms with Crippen LogP contribution >= 0.6 is 0 Å². The fourth-order valence-electron chi connectivity index (χ4n) is 5.26. The fraction of sp³-hybridized carbons (Fsp3) is 0.387. The van der Waals surface area contributed by atoms with Crippen molar-refractivity contribution in [3.8, 4) is 0 Å². The molecule has 2 saturated heterocycles. The number of rotatable bonds is 7. The highest BCUT2D eigenvalue weighted by molar-refractivity contribution is 5.98. The lowest BCUT2D eigenvalue weighted by Crippen LogP contribution is -2.51. The number of anilines is 2. The standard InChI is InChI=1S/C31H37N7O3/c1-23(2)34-27-4-3-11-33-29(27)36-16-20-38(21-17-36)31(41)26-7-5-25(6-8-26)30(40)37-18-14-35(15-19-37)28(39)22-24-9-12-32-13-10-24/h3-13,23,34H,14-22H2,1-2H3. The summed E-state index contributed by atoms with van der Waals surface area (Å²) in [6, 6.07) is 14.9. The Kier molecular flexibility index (Phi) is 8.76. The predicted molar refractivity (Wildman–Crippen MR) is 158 cm³/mol. The van der Waals surface area contributed by atoms with Crippen molar-refractivity contribution < 1.29 is 14.4 Å². The van der Waals surface area contributed by atoms with Gasteiger partial charge < -0.3 is 24.9 Å². The number of carbonyl (C=O) groups excluding carboxylic acids is 3. The van der Waals surface area contributed by atoms with Crippen molar-refractivity contribution in [2.45, 2.75) is 26.3 Å². The van der Waals surface area contributed by atoms with Crippen LogP contribution in [-0.2, 0) is 11.2 Å². The molecule has 2 aliphatic rings. The number of hydrogen-bond donors (Lipinski definition) is 1. The number of benzene rings is 1. The highest BCUT2D eigenvalue weighted by Gasteiger charge is 2.27. The topological polar surface area (TPSA) is 102 Å². The lowest BCUT2D eigenvalue weighted by molar-refractivity contribution is -0.131. The zero-order valence-corrected chi connectivity index (χ0v) is 23.7. The van der Waals surface area contributed by atoms with Crippen LogP contribution in [0.25, 0.3) is 0 Å². The molecule has 0 spiro atoms. The van der Waals surface area contributed by atoms with Crippen LogP contribution in [-0.4, -0.2) is 101 Å². The van der Waals surface area contributed by atoms with E-state index in [1.54, 1.807) is 52.7 Å². The van der Waals surface area contributed by atoms with Gasteiger partial charge in [0.2, 0.25) is 5.91 Å². The highest BCUT2D eigenvalue weighted by atomic mass is 16.2. The Labute approximate surface area is 241 Å². The summed E-state index contributed by atoms with van der Waals surface area (Å²) in [4.78, 5) is 55.2. The molecule has 2 aliphatic heterocycles. The first kappa shape index (κ1) is 28.1. The molecule has 5 rings (SSSR count). The van der Waals surface area contributed by atoms with Gasteiger partial charge in [0, 0.05) is 88.1 Å². The van der Waals surface area contributed by atoms with Crippen LogP contribution in [0, 0.1) is 0 Å². The SMILES string of the molecule is CC(C)Nc1cccnc1N1CCN(C(=O)c2ccc(C(=O)N3CCN(C(=O)Cc4ccncc4)CC3)cc2)CC1. The average Bonchev–Trinajstić information content (AvgIpc) is 3.01. The molecule has 3 amide bonds. The Hall–Kier alpha value is -4.47. The van der Waals surface area contributed by atoms with E-state index < -0.39 is 0 Å². The smallest absolute Gasteiger partial charge is 0.253 e. The second kappa shape index (κ2) is 12.8.